The third kappa shape index (κ3) is 39.1. The van der Waals surface area contributed by atoms with Crippen molar-refractivity contribution in [1.82, 2.24) is 4.90 Å². The van der Waals surface area contributed by atoms with Crippen molar-refractivity contribution in [2.24, 2.45) is 17.3 Å². The fraction of sp³-hybridized carbons (Fsp3) is 0.907. The van der Waals surface area contributed by atoms with Gasteiger partial charge < -0.3 is 28.6 Å². The minimum atomic E-state index is -1.31. The Kier molecular flexibility index (Phi) is 42.0. The van der Waals surface area contributed by atoms with Crippen molar-refractivity contribution >= 4 is 29.8 Å². The second-order valence-corrected chi connectivity index (χ2v) is 19.4. The third-order valence-corrected chi connectivity index (χ3v) is 12.4. The number of ether oxygens (including phenoxy) is 5. The normalized spacial score (nSPS) is 11.7. The van der Waals surface area contributed by atoms with Crippen molar-refractivity contribution in [1.29, 1.82) is 0 Å². The molecular formula is C54H101NO10. The van der Waals surface area contributed by atoms with Crippen LogP contribution >= 0.6 is 0 Å². The van der Waals surface area contributed by atoms with Crippen LogP contribution in [0.4, 0.5) is 0 Å². The van der Waals surface area contributed by atoms with Gasteiger partial charge >= 0.3 is 29.8 Å². The van der Waals surface area contributed by atoms with Crippen LogP contribution in [0.3, 0.4) is 0 Å². The fourth-order valence-electron chi connectivity index (χ4n) is 8.10. The highest BCUT2D eigenvalue weighted by Gasteiger charge is 2.38. The minimum absolute atomic E-state index is 0.0692. The van der Waals surface area contributed by atoms with Crippen molar-refractivity contribution in [3.8, 4) is 0 Å². The van der Waals surface area contributed by atoms with Crippen LogP contribution in [0.15, 0.2) is 0 Å². The topological polar surface area (TPSA) is 135 Å². The summed E-state index contributed by atoms with van der Waals surface area (Å²) >= 11 is 0. The molecule has 0 unspecified atom stereocenters. The molecular weight excluding hydrogens is 823 g/mol. The molecule has 11 nitrogen and oxygen atoms in total. The van der Waals surface area contributed by atoms with E-state index in [1.165, 1.54) is 32.1 Å². The highest BCUT2D eigenvalue weighted by atomic mass is 16.6. The number of carbonyl (C=O) groups is 5. The van der Waals surface area contributed by atoms with Crippen LogP contribution in [0.25, 0.3) is 0 Å². The van der Waals surface area contributed by atoms with Crippen molar-refractivity contribution in [3.05, 3.63) is 0 Å². The van der Waals surface area contributed by atoms with Gasteiger partial charge in [-0.2, -0.15) is 0 Å². The molecule has 11 heteroatoms. The average molecular weight is 924 g/mol. The molecule has 0 heterocycles. The van der Waals surface area contributed by atoms with Gasteiger partial charge in [0.2, 0.25) is 0 Å². The van der Waals surface area contributed by atoms with Gasteiger partial charge in [-0.1, -0.05) is 163 Å². The predicted octanol–water partition coefficient (Wildman–Crippen LogP) is 13.5. The first kappa shape index (κ1) is 62.3. The monoisotopic (exact) mass is 924 g/mol. The summed E-state index contributed by atoms with van der Waals surface area (Å²) in [5.74, 6) is -1.49. The first-order valence-electron chi connectivity index (χ1n) is 26.9. The average Bonchev–Trinajstić information content (AvgIpc) is 3.28. The van der Waals surface area contributed by atoms with Gasteiger partial charge in [0.15, 0.2) is 0 Å². The Morgan fingerprint density at radius 2 is 0.677 bits per heavy atom. The summed E-state index contributed by atoms with van der Waals surface area (Å²) in [4.78, 5) is 68.1. The van der Waals surface area contributed by atoms with Crippen molar-refractivity contribution in [3.63, 3.8) is 0 Å². The second-order valence-electron chi connectivity index (χ2n) is 19.4. The molecule has 0 aliphatic carbocycles. The van der Waals surface area contributed by atoms with Gasteiger partial charge in [0.05, 0.1) is 6.61 Å². The Morgan fingerprint density at radius 3 is 1.03 bits per heavy atom. The van der Waals surface area contributed by atoms with Gasteiger partial charge in [-0.25, -0.2) is 0 Å². The lowest BCUT2D eigenvalue weighted by atomic mass is 9.90. The SMILES string of the molecule is CCCCCCCOC(=O)CCCCC(=O)OCC(COC(=O)CCCN(C)C)(COC(=O)CC(CCCCCC)CCCCCC)COC(=O)CC(CCCCCC)CCCCCC. The number of unbranched alkanes of at least 4 members (excludes halogenated alkanes) is 17. The molecule has 0 amide bonds. The van der Waals surface area contributed by atoms with E-state index in [0.29, 0.717) is 32.4 Å². The molecule has 0 radical (unpaired) electrons. The summed E-state index contributed by atoms with van der Waals surface area (Å²) in [6.45, 7) is 11.1. The van der Waals surface area contributed by atoms with Crippen LogP contribution in [0, 0.1) is 17.3 Å². The number of esters is 5. The third-order valence-electron chi connectivity index (χ3n) is 12.4. The molecule has 0 aromatic heterocycles. The van der Waals surface area contributed by atoms with Crippen molar-refractivity contribution in [2.75, 3.05) is 53.7 Å². The van der Waals surface area contributed by atoms with E-state index in [9.17, 15) is 24.0 Å². The van der Waals surface area contributed by atoms with Crippen molar-refractivity contribution < 1.29 is 47.7 Å². The van der Waals surface area contributed by atoms with Crippen LogP contribution < -0.4 is 0 Å². The van der Waals surface area contributed by atoms with Crippen LogP contribution in [0.1, 0.15) is 247 Å². The van der Waals surface area contributed by atoms with E-state index in [1.807, 2.05) is 19.0 Å². The summed E-state index contributed by atoms with van der Waals surface area (Å²) in [5.41, 5.74) is -1.31. The molecule has 0 aliphatic heterocycles. The van der Waals surface area contributed by atoms with E-state index < -0.39 is 17.4 Å². The summed E-state index contributed by atoms with van der Waals surface area (Å²) in [7, 11) is 3.88. The van der Waals surface area contributed by atoms with Gasteiger partial charge in [-0.15, -0.1) is 0 Å². The van der Waals surface area contributed by atoms with Crippen LogP contribution in [-0.2, 0) is 47.7 Å². The lowest BCUT2D eigenvalue weighted by Crippen LogP contribution is -2.44. The Hall–Kier alpha value is -2.69. The Balaban J connectivity index is 6.19. The number of nitrogens with zero attached hydrogens (tertiary/aromatic N) is 1. The maximum Gasteiger partial charge on any atom is 0.306 e. The maximum absolute atomic E-state index is 13.7. The molecule has 0 spiro atoms. The molecule has 0 bridgehead atoms. The zero-order valence-electron chi connectivity index (χ0n) is 43.3. The minimum Gasteiger partial charge on any atom is -0.466 e. The Bertz CT molecular complexity index is 1110. The number of rotatable bonds is 47. The molecule has 0 aromatic carbocycles. The first-order chi connectivity index (χ1) is 31.4. The highest BCUT2D eigenvalue weighted by Crippen LogP contribution is 2.27. The summed E-state index contributed by atoms with van der Waals surface area (Å²) in [5, 5.41) is 0. The van der Waals surface area contributed by atoms with E-state index in [1.54, 1.807) is 0 Å². The Morgan fingerprint density at radius 1 is 0.369 bits per heavy atom. The molecule has 0 saturated heterocycles. The molecule has 0 aliphatic rings. The lowest BCUT2D eigenvalue weighted by molar-refractivity contribution is -0.171. The molecule has 382 valence electrons. The molecule has 0 saturated carbocycles. The zero-order valence-corrected chi connectivity index (χ0v) is 43.3. The number of hydrogen-bond acceptors (Lipinski definition) is 11. The fourth-order valence-corrected chi connectivity index (χ4v) is 8.10. The maximum atomic E-state index is 13.7. The zero-order chi connectivity index (χ0) is 48.2. The van der Waals surface area contributed by atoms with Crippen LogP contribution in [0.2, 0.25) is 0 Å². The molecule has 0 rings (SSSR count). The molecule has 0 N–H and O–H groups in total. The molecule has 0 aromatic rings. The standard InChI is InChI=1S/C54H101NO10/c1-8-13-18-23-30-40-61-49(56)36-28-29-37-50(57)62-43-54(44-63-51(58)38-31-39-55(6)7,45-64-52(59)41-47(32-24-19-14-9-2)33-25-20-15-10-3)46-65-53(60)42-48(34-26-21-16-11-4)35-27-22-17-12-5/h47-48H,8-46H2,1-7H3. The van der Waals surface area contributed by atoms with E-state index in [-0.39, 0.29) is 88.3 Å². The summed E-state index contributed by atoms with van der Waals surface area (Å²) in [6.07, 6.45) is 29.8. The smallest absolute Gasteiger partial charge is 0.306 e. The van der Waals surface area contributed by atoms with E-state index in [0.717, 1.165) is 128 Å². The largest absolute Gasteiger partial charge is 0.466 e. The van der Waals surface area contributed by atoms with E-state index >= 15 is 0 Å². The first-order valence-corrected chi connectivity index (χ1v) is 26.9. The summed E-state index contributed by atoms with van der Waals surface area (Å²) < 4.78 is 29.2. The lowest BCUT2D eigenvalue weighted by Gasteiger charge is -2.32. The predicted molar refractivity (Wildman–Crippen MR) is 263 cm³/mol. The van der Waals surface area contributed by atoms with E-state index in [2.05, 4.69) is 34.6 Å². The Labute approximate surface area is 398 Å². The van der Waals surface area contributed by atoms with Gasteiger partial charge in [0.1, 0.15) is 31.8 Å². The molecule has 65 heavy (non-hydrogen) atoms. The van der Waals surface area contributed by atoms with E-state index in [4.69, 9.17) is 23.7 Å². The van der Waals surface area contributed by atoms with Gasteiger partial charge in [-0.3, -0.25) is 24.0 Å². The van der Waals surface area contributed by atoms with Crippen LogP contribution in [-0.4, -0.2) is 88.4 Å². The molecule has 0 atom stereocenters. The van der Waals surface area contributed by atoms with Gasteiger partial charge in [0, 0.05) is 32.1 Å². The number of carbonyl (C=O) groups excluding carboxylic acids is 5. The second kappa shape index (κ2) is 43.9. The summed E-state index contributed by atoms with van der Waals surface area (Å²) in [6, 6.07) is 0. The van der Waals surface area contributed by atoms with Crippen molar-refractivity contribution in [2.45, 2.75) is 247 Å². The van der Waals surface area contributed by atoms with Gasteiger partial charge in [-0.05, 0) is 83.8 Å². The molecule has 0 fully saturated rings. The van der Waals surface area contributed by atoms with Crippen LogP contribution in [0.5, 0.6) is 0 Å². The number of hydrogen-bond donors (Lipinski definition) is 0. The highest BCUT2D eigenvalue weighted by molar-refractivity contribution is 5.72. The van der Waals surface area contributed by atoms with Gasteiger partial charge in [0.25, 0.3) is 0 Å². The quantitative estimate of drug-likeness (QED) is 0.0328.